The van der Waals surface area contributed by atoms with Gasteiger partial charge in [0.15, 0.2) is 0 Å². The van der Waals surface area contributed by atoms with Crippen LogP contribution in [0.3, 0.4) is 0 Å². The second-order valence-corrected chi connectivity index (χ2v) is 6.86. The van der Waals surface area contributed by atoms with E-state index in [0.717, 1.165) is 28.7 Å². The average Bonchev–Trinajstić information content (AvgIpc) is 3.33. The summed E-state index contributed by atoms with van der Waals surface area (Å²) in [4.78, 5) is 12.9. The minimum Gasteiger partial charge on any atom is -0.493 e. The minimum absolute atomic E-state index is 0.241. The van der Waals surface area contributed by atoms with Crippen LogP contribution >= 0.6 is 11.3 Å². The van der Waals surface area contributed by atoms with Crippen LogP contribution < -0.4 is 15.4 Å². The molecule has 128 valence electrons. The Morgan fingerprint density at radius 1 is 1.20 bits per heavy atom. The fourth-order valence-corrected chi connectivity index (χ4v) is 3.37. The number of ether oxygens (including phenoxy) is 1. The molecule has 6 nitrogen and oxygen atoms in total. The number of fused-ring (bicyclic) bond motifs is 1. The molecule has 1 aliphatic carbocycles. The van der Waals surface area contributed by atoms with Crippen LogP contribution in [0.1, 0.15) is 30.1 Å². The Balaban J connectivity index is 1.63. The molecule has 0 bridgehead atoms. The number of nitrogens with one attached hydrogen (secondary N) is 2. The highest BCUT2D eigenvalue weighted by atomic mass is 32.1. The highest BCUT2D eigenvalue weighted by Crippen LogP contribution is 2.31. The molecule has 0 radical (unpaired) electrons. The van der Waals surface area contributed by atoms with Crippen LogP contribution in [0.2, 0.25) is 0 Å². The molecule has 0 unspecified atom stereocenters. The number of amides is 1. The van der Waals surface area contributed by atoms with E-state index in [1.807, 2.05) is 43.3 Å². The monoisotopic (exact) mass is 354 g/mol. The van der Waals surface area contributed by atoms with E-state index in [-0.39, 0.29) is 5.91 Å². The van der Waals surface area contributed by atoms with E-state index in [9.17, 15) is 4.79 Å². The molecule has 1 aliphatic rings. The van der Waals surface area contributed by atoms with Crippen molar-refractivity contribution < 1.29 is 9.53 Å². The topological polar surface area (TPSA) is 76.1 Å². The number of anilines is 2. The molecule has 1 amide bonds. The van der Waals surface area contributed by atoms with Crippen LogP contribution in [0.5, 0.6) is 5.75 Å². The SMILES string of the molecule is CCOc1ccc2ccccc2c1C(=O)Nc1nnc(NC2CC2)s1. The molecule has 0 atom stereocenters. The summed E-state index contributed by atoms with van der Waals surface area (Å²) in [6, 6.07) is 12.1. The second kappa shape index (κ2) is 6.68. The number of benzene rings is 2. The van der Waals surface area contributed by atoms with Gasteiger partial charge in [-0.25, -0.2) is 0 Å². The molecular formula is C18H18N4O2S. The van der Waals surface area contributed by atoms with Gasteiger partial charge in [0.25, 0.3) is 5.91 Å². The molecule has 25 heavy (non-hydrogen) atoms. The molecule has 4 rings (SSSR count). The van der Waals surface area contributed by atoms with Gasteiger partial charge in [-0.15, -0.1) is 10.2 Å². The maximum absolute atomic E-state index is 12.9. The summed E-state index contributed by atoms with van der Waals surface area (Å²) in [5, 5.41) is 17.3. The predicted molar refractivity (Wildman–Crippen MR) is 99.6 cm³/mol. The zero-order chi connectivity index (χ0) is 17.2. The molecule has 2 N–H and O–H groups in total. The van der Waals surface area contributed by atoms with Crippen molar-refractivity contribution in [1.29, 1.82) is 0 Å². The summed E-state index contributed by atoms with van der Waals surface area (Å²) in [5.41, 5.74) is 0.520. The van der Waals surface area contributed by atoms with Crippen molar-refractivity contribution in [2.45, 2.75) is 25.8 Å². The lowest BCUT2D eigenvalue weighted by atomic mass is 10.0. The maximum atomic E-state index is 12.9. The van der Waals surface area contributed by atoms with Crippen molar-refractivity contribution in [3.63, 3.8) is 0 Å². The highest BCUT2D eigenvalue weighted by Gasteiger charge is 2.23. The van der Waals surface area contributed by atoms with E-state index in [0.29, 0.717) is 29.1 Å². The van der Waals surface area contributed by atoms with Gasteiger partial charge in [-0.3, -0.25) is 10.1 Å². The average molecular weight is 354 g/mol. The third-order valence-electron chi connectivity index (χ3n) is 3.97. The van der Waals surface area contributed by atoms with E-state index < -0.39 is 0 Å². The summed E-state index contributed by atoms with van der Waals surface area (Å²) in [6.07, 6.45) is 2.32. The molecule has 0 saturated heterocycles. The van der Waals surface area contributed by atoms with Crippen molar-refractivity contribution in [1.82, 2.24) is 10.2 Å². The van der Waals surface area contributed by atoms with Crippen LogP contribution in [0.4, 0.5) is 10.3 Å². The van der Waals surface area contributed by atoms with Gasteiger partial charge < -0.3 is 10.1 Å². The van der Waals surface area contributed by atoms with Crippen LogP contribution in [0.15, 0.2) is 36.4 Å². The van der Waals surface area contributed by atoms with Crippen molar-refractivity contribution in [3.8, 4) is 5.75 Å². The van der Waals surface area contributed by atoms with Crippen LogP contribution in [-0.4, -0.2) is 28.8 Å². The van der Waals surface area contributed by atoms with E-state index in [1.54, 1.807) is 0 Å². The third kappa shape index (κ3) is 3.41. The van der Waals surface area contributed by atoms with Gasteiger partial charge in [0, 0.05) is 6.04 Å². The molecule has 3 aromatic rings. The maximum Gasteiger partial charge on any atom is 0.261 e. The van der Waals surface area contributed by atoms with E-state index in [4.69, 9.17) is 4.74 Å². The van der Waals surface area contributed by atoms with Gasteiger partial charge in [0.1, 0.15) is 5.75 Å². The van der Waals surface area contributed by atoms with Gasteiger partial charge >= 0.3 is 0 Å². The van der Waals surface area contributed by atoms with Crippen molar-refractivity contribution in [2.75, 3.05) is 17.2 Å². The number of aromatic nitrogens is 2. The Kier molecular flexibility index (Phi) is 4.23. The number of carbonyl (C=O) groups is 1. The molecule has 0 spiro atoms. The number of hydrogen-bond donors (Lipinski definition) is 2. The first-order valence-electron chi connectivity index (χ1n) is 8.30. The molecule has 1 heterocycles. The summed E-state index contributed by atoms with van der Waals surface area (Å²) in [5.74, 6) is 0.328. The number of carbonyl (C=O) groups excluding carboxylic acids is 1. The second-order valence-electron chi connectivity index (χ2n) is 5.88. The quantitative estimate of drug-likeness (QED) is 0.702. The Morgan fingerprint density at radius 3 is 2.80 bits per heavy atom. The summed E-state index contributed by atoms with van der Waals surface area (Å²) < 4.78 is 5.66. The summed E-state index contributed by atoms with van der Waals surface area (Å²) in [7, 11) is 0. The van der Waals surface area contributed by atoms with Gasteiger partial charge in [-0.05, 0) is 36.6 Å². The number of nitrogens with zero attached hydrogens (tertiary/aromatic N) is 2. The normalized spacial score (nSPS) is 13.6. The molecule has 0 aliphatic heterocycles. The Labute approximate surface area is 149 Å². The lowest BCUT2D eigenvalue weighted by Crippen LogP contribution is -2.14. The smallest absolute Gasteiger partial charge is 0.261 e. The third-order valence-corrected chi connectivity index (χ3v) is 4.74. The first kappa shape index (κ1) is 15.8. The zero-order valence-corrected chi connectivity index (χ0v) is 14.6. The standard InChI is InChI=1S/C18H18N4O2S/c1-2-24-14-10-7-11-5-3-4-6-13(11)15(14)16(23)20-18-22-21-17(25-18)19-12-8-9-12/h3-7,10,12H,2,8-9H2,1H3,(H,19,21)(H,20,22,23). The molecule has 1 saturated carbocycles. The molecule has 2 aromatic carbocycles. The fourth-order valence-electron chi connectivity index (χ4n) is 2.66. The van der Waals surface area contributed by atoms with Crippen LogP contribution in [-0.2, 0) is 0 Å². The summed E-state index contributed by atoms with van der Waals surface area (Å²) >= 11 is 1.34. The first-order valence-corrected chi connectivity index (χ1v) is 9.12. The predicted octanol–water partition coefficient (Wildman–Crippen LogP) is 3.92. The molecule has 1 fully saturated rings. The van der Waals surface area contributed by atoms with Gasteiger partial charge in [0.05, 0.1) is 12.2 Å². The lowest BCUT2D eigenvalue weighted by Gasteiger charge is -2.12. The van der Waals surface area contributed by atoms with Gasteiger partial charge in [-0.2, -0.15) is 0 Å². The fraction of sp³-hybridized carbons (Fsp3) is 0.278. The summed E-state index contributed by atoms with van der Waals surface area (Å²) in [6.45, 7) is 2.39. The van der Waals surface area contributed by atoms with E-state index in [1.165, 1.54) is 11.3 Å². The van der Waals surface area contributed by atoms with Crippen molar-refractivity contribution >= 4 is 38.3 Å². The van der Waals surface area contributed by atoms with Crippen LogP contribution in [0, 0.1) is 0 Å². The number of rotatable bonds is 6. The van der Waals surface area contributed by atoms with E-state index >= 15 is 0 Å². The highest BCUT2D eigenvalue weighted by molar-refractivity contribution is 7.19. The van der Waals surface area contributed by atoms with Crippen LogP contribution in [0.25, 0.3) is 10.8 Å². The zero-order valence-electron chi connectivity index (χ0n) is 13.8. The molecular weight excluding hydrogens is 336 g/mol. The molecule has 7 heteroatoms. The van der Waals surface area contributed by atoms with Crippen molar-refractivity contribution in [2.24, 2.45) is 0 Å². The first-order chi connectivity index (χ1) is 12.2. The van der Waals surface area contributed by atoms with Gasteiger partial charge in [0.2, 0.25) is 10.3 Å². The Hall–Kier alpha value is -2.67. The minimum atomic E-state index is -0.241. The van der Waals surface area contributed by atoms with Crippen molar-refractivity contribution in [3.05, 3.63) is 42.0 Å². The molecule has 1 aromatic heterocycles. The lowest BCUT2D eigenvalue weighted by molar-refractivity contribution is 0.102. The Bertz CT molecular complexity index is 920. The van der Waals surface area contributed by atoms with E-state index in [2.05, 4.69) is 20.8 Å². The van der Waals surface area contributed by atoms with Gasteiger partial charge in [-0.1, -0.05) is 41.7 Å². The number of hydrogen-bond acceptors (Lipinski definition) is 6. The Morgan fingerprint density at radius 2 is 2.00 bits per heavy atom. The largest absolute Gasteiger partial charge is 0.493 e.